The molecule has 4 heterocycles. The van der Waals surface area contributed by atoms with Crippen LogP contribution in [0.15, 0.2) is 65.3 Å². The van der Waals surface area contributed by atoms with Crippen LogP contribution >= 0.6 is 0 Å². The monoisotopic (exact) mass is 359 g/mol. The molecule has 27 heavy (non-hydrogen) atoms. The largest absolute Gasteiger partial charge is 0.359 e. The van der Waals surface area contributed by atoms with E-state index >= 15 is 0 Å². The Morgan fingerprint density at radius 2 is 1.78 bits per heavy atom. The summed E-state index contributed by atoms with van der Waals surface area (Å²) < 4.78 is 7.67. The van der Waals surface area contributed by atoms with E-state index in [1.54, 1.807) is 0 Å². The third-order valence-electron chi connectivity index (χ3n) is 5.30. The van der Waals surface area contributed by atoms with Gasteiger partial charge in [-0.2, -0.15) is 0 Å². The summed E-state index contributed by atoms with van der Waals surface area (Å²) in [6.07, 6.45) is 4.21. The average Bonchev–Trinajstić information content (AvgIpc) is 3.37. The van der Waals surface area contributed by atoms with Gasteiger partial charge in [0.05, 0.1) is 6.54 Å². The van der Waals surface area contributed by atoms with Gasteiger partial charge in [-0.1, -0.05) is 41.6 Å². The van der Waals surface area contributed by atoms with E-state index in [1.807, 2.05) is 42.5 Å². The normalized spacial score (nSPS) is 16.1. The van der Waals surface area contributed by atoms with Crippen LogP contribution in [0.5, 0.6) is 0 Å². The van der Waals surface area contributed by atoms with E-state index in [0.29, 0.717) is 5.92 Å². The molecular formula is C21H21N5O. The van der Waals surface area contributed by atoms with Gasteiger partial charge in [-0.25, -0.2) is 0 Å². The molecule has 0 atom stereocenters. The smallest absolute Gasteiger partial charge is 0.160 e. The highest BCUT2D eigenvalue weighted by atomic mass is 16.5. The minimum Gasteiger partial charge on any atom is -0.359 e. The molecule has 136 valence electrons. The standard InChI is InChI=1S/C21H21N5O/c1-2-6-16(7-3-1)19-14-18(27-24-19)15-25-12-9-17(10-13-25)21-23-22-20-8-4-5-11-26(20)21/h1-8,11,14,17H,9-10,12-13,15H2. The van der Waals surface area contributed by atoms with Crippen molar-refractivity contribution in [1.82, 2.24) is 24.7 Å². The topological polar surface area (TPSA) is 59.5 Å². The molecule has 0 N–H and O–H groups in total. The summed E-state index contributed by atoms with van der Waals surface area (Å²) in [4.78, 5) is 2.43. The van der Waals surface area contributed by atoms with Crippen LogP contribution in [-0.2, 0) is 6.54 Å². The van der Waals surface area contributed by atoms with E-state index in [0.717, 1.165) is 61.0 Å². The van der Waals surface area contributed by atoms with Gasteiger partial charge in [0, 0.05) is 23.7 Å². The maximum absolute atomic E-state index is 5.56. The van der Waals surface area contributed by atoms with E-state index in [2.05, 4.69) is 43.0 Å². The van der Waals surface area contributed by atoms with Crippen molar-refractivity contribution in [2.75, 3.05) is 13.1 Å². The molecule has 1 aliphatic rings. The zero-order chi connectivity index (χ0) is 18.1. The Morgan fingerprint density at radius 3 is 2.63 bits per heavy atom. The molecule has 3 aromatic heterocycles. The van der Waals surface area contributed by atoms with Gasteiger partial charge in [0.1, 0.15) is 11.5 Å². The minimum atomic E-state index is 0.452. The Balaban J connectivity index is 1.23. The van der Waals surface area contributed by atoms with Crippen LogP contribution in [0.1, 0.15) is 30.3 Å². The highest BCUT2D eigenvalue weighted by molar-refractivity contribution is 5.58. The molecule has 1 aromatic carbocycles. The summed E-state index contributed by atoms with van der Waals surface area (Å²) in [7, 11) is 0. The SMILES string of the molecule is c1ccc(-c2cc(CN3CCC(c4nnc5ccccn45)CC3)on2)cc1. The van der Waals surface area contributed by atoms with Crippen LogP contribution < -0.4 is 0 Å². The first kappa shape index (κ1) is 16.2. The molecule has 1 saturated heterocycles. The Bertz CT molecular complexity index is 1030. The van der Waals surface area contributed by atoms with Crippen molar-refractivity contribution < 1.29 is 4.52 Å². The number of nitrogens with zero attached hydrogens (tertiary/aromatic N) is 5. The summed E-state index contributed by atoms with van der Waals surface area (Å²) in [5.74, 6) is 2.45. The molecule has 1 fully saturated rings. The van der Waals surface area contributed by atoms with Gasteiger partial charge in [0.15, 0.2) is 11.4 Å². The number of pyridine rings is 1. The Labute approximate surface area is 157 Å². The van der Waals surface area contributed by atoms with Gasteiger partial charge in [-0.3, -0.25) is 9.30 Å². The van der Waals surface area contributed by atoms with Crippen LogP contribution in [0, 0.1) is 0 Å². The molecule has 0 bridgehead atoms. The summed E-state index contributed by atoms with van der Waals surface area (Å²) in [6, 6.07) is 18.2. The second-order valence-corrected chi connectivity index (χ2v) is 7.08. The maximum atomic E-state index is 5.56. The van der Waals surface area contributed by atoms with Crippen molar-refractivity contribution >= 4 is 5.65 Å². The molecule has 6 heteroatoms. The molecule has 0 spiro atoms. The highest BCUT2D eigenvalue weighted by Crippen LogP contribution is 2.28. The van der Waals surface area contributed by atoms with E-state index < -0.39 is 0 Å². The molecule has 0 saturated carbocycles. The fourth-order valence-corrected chi connectivity index (χ4v) is 3.84. The Morgan fingerprint density at radius 1 is 0.963 bits per heavy atom. The van der Waals surface area contributed by atoms with Crippen molar-refractivity contribution in [3.63, 3.8) is 0 Å². The minimum absolute atomic E-state index is 0.452. The lowest BCUT2D eigenvalue weighted by Gasteiger charge is -2.30. The predicted octanol–water partition coefficient (Wildman–Crippen LogP) is 3.76. The number of benzene rings is 1. The van der Waals surface area contributed by atoms with Crippen LogP contribution in [0.25, 0.3) is 16.9 Å². The fraction of sp³-hybridized carbons (Fsp3) is 0.286. The third-order valence-corrected chi connectivity index (χ3v) is 5.30. The average molecular weight is 359 g/mol. The molecule has 6 nitrogen and oxygen atoms in total. The molecule has 4 aromatic rings. The second kappa shape index (κ2) is 6.96. The van der Waals surface area contributed by atoms with Crippen molar-refractivity contribution in [2.45, 2.75) is 25.3 Å². The van der Waals surface area contributed by atoms with E-state index in [4.69, 9.17) is 4.52 Å². The summed E-state index contributed by atoms with van der Waals surface area (Å²) in [6.45, 7) is 2.84. The lowest BCUT2D eigenvalue weighted by molar-refractivity contribution is 0.181. The first-order valence-electron chi connectivity index (χ1n) is 9.40. The summed E-state index contributed by atoms with van der Waals surface area (Å²) >= 11 is 0. The van der Waals surface area contributed by atoms with Gasteiger partial charge in [-0.15, -0.1) is 10.2 Å². The highest BCUT2D eigenvalue weighted by Gasteiger charge is 2.25. The lowest BCUT2D eigenvalue weighted by Crippen LogP contribution is -2.32. The summed E-state index contributed by atoms with van der Waals surface area (Å²) in [5.41, 5.74) is 2.91. The van der Waals surface area contributed by atoms with Gasteiger partial charge >= 0.3 is 0 Å². The zero-order valence-corrected chi connectivity index (χ0v) is 15.0. The van der Waals surface area contributed by atoms with E-state index in [-0.39, 0.29) is 0 Å². The molecule has 0 unspecified atom stereocenters. The van der Waals surface area contributed by atoms with Gasteiger partial charge in [0.25, 0.3) is 0 Å². The van der Waals surface area contributed by atoms with Crippen molar-refractivity contribution in [1.29, 1.82) is 0 Å². The molecule has 5 rings (SSSR count). The molecule has 0 aliphatic carbocycles. The number of hydrogen-bond donors (Lipinski definition) is 0. The number of rotatable bonds is 4. The van der Waals surface area contributed by atoms with Crippen LogP contribution in [0.3, 0.4) is 0 Å². The van der Waals surface area contributed by atoms with Gasteiger partial charge < -0.3 is 4.52 Å². The zero-order valence-electron chi connectivity index (χ0n) is 15.0. The second-order valence-electron chi connectivity index (χ2n) is 7.08. The van der Waals surface area contributed by atoms with E-state index in [9.17, 15) is 0 Å². The third kappa shape index (κ3) is 3.24. The molecule has 0 amide bonds. The number of fused-ring (bicyclic) bond motifs is 1. The first-order valence-corrected chi connectivity index (χ1v) is 9.40. The van der Waals surface area contributed by atoms with Crippen molar-refractivity contribution in [3.05, 3.63) is 72.4 Å². The number of likely N-dealkylation sites (tertiary alicyclic amines) is 1. The maximum Gasteiger partial charge on any atom is 0.160 e. The molecule has 0 radical (unpaired) electrons. The Hall–Kier alpha value is -2.99. The predicted molar refractivity (Wildman–Crippen MR) is 102 cm³/mol. The fourth-order valence-electron chi connectivity index (χ4n) is 3.84. The number of hydrogen-bond acceptors (Lipinski definition) is 5. The van der Waals surface area contributed by atoms with Gasteiger partial charge in [-0.05, 0) is 38.1 Å². The number of piperidine rings is 1. The number of aromatic nitrogens is 4. The van der Waals surface area contributed by atoms with Crippen LogP contribution in [0.2, 0.25) is 0 Å². The Kier molecular flexibility index (Phi) is 4.18. The first-order chi connectivity index (χ1) is 13.4. The molecular weight excluding hydrogens is 338 g/mol. The van der Waals surface area contributed by atoms with Crippen LogP contribution in [0.4, 0.5) is 0 Å². The van der Waals surface area contributed by atoms with Crippen molar-refractivity contribution in [3.8, 4) is 11.3 Å². The van der Waals surface area contributed by atoms with Crippen molar-refractivity contribution in [2.24, 2.45) is 0 Å². The summed E-state index contributed by atoms with van der Waals surface area (Å²) in [5, 5.41) is 12.9. The molecule has 1 aliphatic heterocycles. The quantitative estimate of drug-likeness (QED) is 0.555. The van der Waals surface area contributed by atoms with Gasteiger partial charge in [0.2, 0.25) is 0 Å². The van der Waals surface area contributed by atoms with Crippen LogP contribution in [-0.4, -0.2) is 37.7 Å². The van der Waals surface area contributed by atoms with E-state index in [1.165, 1.54) is 0 Å². The lowest BCUT2D eigenvalue weighted by atomic mass is 9.96.